The van der Waals surface area contributed by atoms with Gasteiger partial charge < -0.3 is 19.3 Å². The van der Waals surface area contributed by atoms with Crippen LogP contribution in [0.15, 0.2) is 36.4 Å². The number of benzene rings is 2. The average molecular weight is 330 g/mol. The lowest BCUT2D eigenvalue weighted by Crippen LogP contribution is -2.06. The number of Topliss-reactive ketones (excluding diaryl/α,β-unsaturated/α-hetero) is 1. The highest BCUT2D eigenvalue weighted by molar-refractivity contribution is 6.01. The van der Waals surface area contributed by atoms with Crippen molar-refractivity contribution in [3.05, 3.63) is 47.5 Å². The summed E-state index contributed by atoms with van der Waals surface area (Å²) in [5.74, 6) is 1.26. The molecule has 0 aliphatic carbocycles. The Labute approximate surface area is 141 Å². The zero-order valence-electron chi connectivity index (χ0n) is 14.2. The lowest BCUT2D eigenvalue weighted by Gasteiger charge is -2.13. The molecule has 0 saturated carbocycles. The number of phenolic OH excluding ortho intramolecular Hbond substituents is 1. The summed E-state index contributed by atoms with van der Waals surface area (Å²) in [6, 6.07) is 10.6. The van der Waals surface area contributed by atoms with Crippen molar-refractivity contribution in [2.24, 2.45) is 0 Å². The first-order valence-electron chi connectivity index (χ1n) is 7.79. The maximum Gasteiger partial charge on any atom is 0.170 e. The Hall–Kier alpha value is -2.69. The van der Waals surface area contributed by atoms with Crippen LogP contribution in [0.2, 0.25) is 0 Å². The van der Waals surface area contributed by atoms with Crippen molar-refractivity contribution in [1.29, 1.82) is 0 Å². The van der Waals surface area contributed by atoms with E-state index in [9.17, 15) is 9.90 Å². The molecule has 128 valence electrons. The lowest BCUT2D eigenvalue weighted by atomic mass is 10.0. The van der Waals surface area contributed by atoms with Crippen LogP contribution >= 0.6 is 0 Å². The Morgan fingerprint density at radius 1 is 1.04 bits per heavy atom. The molecule has 0 radical (unpaired) electrons. The minimum Gasteiger partial charge on any atom is -0.507 e. The Balaban J connectivity index is 2.15. The number of aryl methyl sites for hydroxylation is 1. The van der Waals surface area contributed by atoms with Gasteiger partial charge >= 0.3 is 0 Å². The van der Waals surface area contributed by atoms with Crippen molar-refractivity contribution in [2.75, 3.05) is 20.8 Å². The highest BCUT2D eigenvalue weighted by Crippen LogP contribution is 2.34. The second-order valence-corrected chi connectivity index (χ2v) is 5.22. The third-order valence-corrected chi connectivity index (χ3v) is 3.67. The molecule has 2 aromatic carbocycles. The Bertz CT molecular complexity index is 692. The van der Waals surface area contributed by atoms with E-state index in [1.807, 2.05) is 31.2 Å². The zero-order valence-corrected chi connectivity index (χ0v) is 14.2. The van der Waals surface area contributed by atoms with Crippen LogP contribution in [-0.2, 0) is 6.42 Å². The largest absolute Gasteiger partial charge is 0.507 e. The minimum atomic E-state index is -0.172. The van der Waals surface area contributed by atoms with Gasteiger partial charge in [0.1, 0.15) is 28.6 Å². The molecule has 2 rings (SSSR count). The second kappa shape index (κ2) is 8.24. The molecule has 0 saturated heterocycles. The number of rotatable bonds is 8. The summed E-state index contributed by atoms with van der Waals surface area (Å²) in [6.07, 6.45) is 0.839. The molecule has 0 amide bonds. The quantitative estimate of drug-likeness (QED) is 0.749. The molecule has 0 bridgehead atoms. The second-order valence-electron chi connectivity index (χ2n) is 5.22. The van der Waals surface area contributed by atoms with Gasteiger partial charge in [0.25, 0.3) is 0 Å². The Morgan fingerprint density at radius 2 is 1.71 bits per heavy atom. The maximum absolute atomic E-state index is 12.6. The number of ether oxygens (including phenoxy) is 3. The molecule has 0 spiro atoms. The predicted octanol–water partition coefficient (Wildman–Crippen LogP) is 3.62. The van der Waals surface area contributed by atoms with Gasteiger partial charge in [-0.05, 0) is 31.0 Å². The van der Waals surface area contributed by atoms with Crippen molar-refractivity contribution in [3.63, 3.8) is 0 Å². The van der Waals surface area contributed by atoms with Gasteiger partial charge in [0.2, 0.25) is 0 Å². The fraction of sp³-hybridized carbons (Fsp3) is 0.316. The fourth-order valence-corrected chi connectivity index (χ4v) is 2.42. The molecule has 0 aliphatic rings. The van der Waals surface area contributed by atoms with E-state index in [1.165, 1.54) is 13.2 Å². The van der Waals surface area contributed by atoms with Crippen LogP contribution in [0, 0.1) is 0 Å². The van der Waals surface area contributed by atoms with Crippen LogP contribution in [0.4, 0.5) is 0 Å². The molecule has 2 aromatic rings. The Morgan fingerprint density at radius 3 is 2.29 bits per heavy atom. The lowest BCUT2D eigenvalue weighted by molar-refractivity contribution is 0.0976. The van der Waals surface area contributed by atoms with Gasteiger partial charge in [0, 0.05) is 18.6 Å². The van der Waals surface area contributed by atoms with Gasteiger partial charge in [-0.15, -0.1) is 0 Å². The van der Waals surface area contributed by atoms with Crippen LogP contribution in [0.25, 0.3) is 0 Å². The zero-order chi connectivity index (χ0) is 17.5. The van der Waals surface area contributed by atoms with E-state index >= 15 is 0 Å². The number of hydrogen-bond donors (Lipinski definition) is 1. The smallest absolute Gasteiger partial charge is 0.170 e. The highest BCUT2D eigenvalue weighted by atomic mass is 16.5. The molecule has 24 heavy (non-hydrogen) atoms. The van der Waals surface area contributed by atoms with Gasteiger partial charge in [0.15, 0.2) is 5.78 Å². The summed E-state index contributed by atoms with van der Waals surface area (Å²) in [5, 5.41) is 10.2. The molecule has 0 aromatic heterocycles. The molecular weight excluding hydrogens is 308 g/mol. The maximum atomic E-state index is 12.6. The molecule has 0 atom stereocenters. The first kappa shape index (κ1) is 17.7. The number of phenols is 1. The predicted molar refractivity (Wildman–Crippen MR) is 91.5 cm³/mol. The molecule has 0 fully saturated rings. The average Bonchev–Trinajstić information content (AvgIpc) is 2.60. The van der Waals surface area contributed by atoms with E-state index in [2.05, 4.69) is 0 Å². The van der Waals surface area contributed by atoms with Gasteiger partial charge in [0.05, 0.1) is 20.8 Å². The topological polar surface area (TPSA) is 65.0 Å². The van der Waals surface area contributed by atoms with Crippen LogP contribution in [0.5, 0.6) is 23.0 Å². The third-order valence-electron chi connectivity index (χ3n) is 3.67. The van der Waals surface area contributed by atoms with Crippen molar-refractivity contribution >= 4 is 5.78 Å². The number of aromatic hydroxyl groups is 1. The molecule has 0 aliphatic heterocycles. The van der Waals surface area contributed by atoms with Gasteiger partial charge in [-0.2, -0.15) is 0 Å². The Kier molecular flexibility index (Phi) is 6.07. The molecule has 5 heteroatoms. The molecule has 0 unspecified atom stereocenters. The molecule has 5 nitrogen and oxygen atoms in total. The SMILES string of the molecule is CCOc1cc(OC)cc(O)c1C(=O)CCc1ccc(OC)cc1. The van der Waals surface area contributed by atoms with Crippen molar-refractivity contribution in [1.82, 2.24) is 0 Å². The van der Waals surface area contributed by atoms with E-state index < -0.39 is 0 Å². The number of hydrogen-bond acceptors (Lipinski definition) is 5. The molecular formula is C19H22O5. The number of carbonyl (C=O) groups excluding carboxylic acids is 1. The number of carbonyl (C=O) groups is 1. The highest BCUT2D eigenvalue weighted by Gasteiger charge is 2.19. The van der Waals surface area contributed by atoms with E-state index in [0.29, 0.717) is 24.5 Å². The van der Waals surface area contributed by atoms with Crippen LogP contribution < -0.4 is 14.2 Å². The minimum absolute atomic E-state index is 0.127. The van der Waals surface area contributed by atoms with E-state index in [-0.39, 0.29) is 23.5 Å². The van der Waals surface area contributed by atoms with Crippen molar-refractivity contribution < 1.29 is 24.1 Å². The molecule has 1 N–H and O–H groups in total. The van der Waals surface area contributed by atoms with Crippen LogP contribution in [-0.4, -0.2) is 31.7 Å². The van der Waals surface area contributed by atoms with Crippen molar-refractivity contribution in [3.8, 4) is 23.0 Å². The summed E-state index contributed by atoms with van der Waals surface area (Å²) in [4.78, 5) is 12.6. The number of ketones is 1. The van der Waals surface area contributed by atoms with Crippen LogP contribution in [0.1, 0.15) is 29.3 Å². The van der Waals surface area contributed by atoms with Crippen LogP contribution in [0.3, 0.4) is 0 Å². The van der Waals surface area contributed by atoms with Gasteiger partial charge in [-0.25, -0.2) is 0 Å². The van der Waals surface area contributed by atoms with Gasteiger partial charge in [-0.3, -0.25) is 4.79 Å². The first-order valence-corrected chi connectivity index (χ1v) is 7.79. The summed E-state index contributed by atoms with van der Waals surface area (Å²) < 4.78 is 15.7. The normalized spacial score (nSPS) is 10.3. The van der Waals surface area contributed by atoms with E-state index in [1.54, 1.807) is 13.2 Å². The van der Waals surface area contributed by atoms with E-state index in [0.717, 1.165) is 11.3 Å². The first-order chi connectivity index (χ1) is 11.6. The summed E-state index contributed by atoms with van der Waals surface area (Å²) in [5.41, 5.74) is 1.22. The standard InChI is InChI=1S/C19H22O5/c1-4-24-18-12-15(23-3)11-17(21)19(18)16(20)10-7-13-5-8-14(22-2)9-6-13/h5-6,8-9,11-12,21H,4,7,10H2,1-3H3. The van der Waals surface area contributed by atoms with Gasteiger partial charge in [-0.1, -0.05) is 12.1 Å². The number of methoxy groups -OCH3 is 2. The summed E-state index contributed by atoms with van der Waals surface area (Å²) in [6.45, 7) is 2.22. The van der Waals surface area contributed by atoms with E-state index in [4.69, 9.17) is 14.2 Å². The summed E-state index contributed by atoms with van der Waals surface area (Å²) in [7, 11) is 3.11. The van der Waals surface area contributed by atoms with Crippen molar-refractivity contribution in [2.45, 2.75) is 19.8 Å². The third kappa shape index (κ3) is 4.19. The molecule has 0 heterocycles. The fourth-order valence-electron chi connectivity index (χ4n) is 2.42. The summed E-state index contributed by atoms with van der Waals surface area (Å²) >= 11 is 0. The monoisotopic (exact) mass is 330 g/mol.